The fourth-order valence-corrected chi connectivity index (χ4v) is 6.56. The minimum Gasteiger partial charge on any atom is -0.496 e. The lowest BCUT2D eigenvalue weighted by atomic mass is 9.80. The van der Waals surface area contributed by atoms with Gasteiger partial charge in [-0.25, -0.2) is 4.98 Å². The van der Waals surface area contributed by atoms with E-state index in [2.05, 4.69) is 12.4 Å². The van der Waals surface area contributed by atoms with E-state index in [4.69, 9.17) is 19.2 Å². The summed E-state index contributed by atoms with van der Waals surface area (Å²) in [7, 11) is 3.90. The molecule has 0 spiro atoms. The van der Waals surface area contributed by atoms with Crippen LogP contribution in [0.5, 0.6) is 11.5 Å². The highest BCUT2D eigenvalue weighted by Crippen LogP contribution is 2.40. The minimum absolute atomic E-state index is 0.213. The molecule has 1 aromatic heterocycles. The number of amides is 1. The monoisotopic (exact) mass is 580 g/mol. The van der Waals surface area contributed by atoms with Crippen LogP contribution in [0.25, 0.3) is 11.3 Å². The molecule has 9 nitrogen and oxygen atoms in total. The number of morpholine rings is 1. The number of aliphatic carboxylic acids is 1. The van der Waals surface area contributed by atoms with Gasteiger partial charge in [0.25, 0.3) is 0 Å². The Kier molecular flexibility index (Phi) is 8.91. The van der Waals surface area contributed by atoms with Crippen molar-refractivity contribution < 1.29 is 33.4 Å². The summed E-state index contributed by atoms with van der Waals surface area (Å²) in [6.45, 7) is 5.64. The van der Waals surface area contributed by atoms with Crippen molar-refractivity contribution in [3.8, 4) is 22.8 Å². The van der Waals surface area contributed by atoms with E-state index < -0.39 is 11.4 Å². The van der Waals surface area contributed by atoms with E-state index >= 15 is 0 Å². The average Bonchev–Trinajstić information content (AvgIpc) is 3.59. The molecule has 2 heterocycles. The number of benzene rings is 2. The number of fused-ring (bicyclic) bond motifs is 1. The van der Waals surface area contributed by atoms with Crippen molar-refractivity contribution in [1.29, 1.82) is 0 Å². The van der Waals surface area contributed by atoms with E-state index in [9.17, 15) is 14.7 Å². The van der Waals surface area contributed by atoms with Gasteiger partial charge in [-0.05, 0) is 36.1 Å². The Bertz CT molecular complexity index is 1360. The molecule has 3 aromatic rings. The summed E-state index contributed by atoms with van der Waals surface area (Å²) in [5.41, 5.74) is 2.67. The largest absolute Gasteiger partial charge is 0.496 e. The zero-order valence-corrected chi connectivity index (χ0v) is 24.5. The lowest BCUT2D eigenvalue weighted by Gasteiger charge is -2.37. The SMILES string of the molecule is COc1cc(OCCC[N+]2(C)CCOCC2)ccc1-c1csc(CNC(=O)C2(CC(=O)O)Cc3ccccc3C2)n1. The van der Waals surface area contributed by atoms with E-state index in [-0.39, 0.29) is 18.9 Å². The first-order valence-electron chi connectivity index (χ1n) is 14.0. The highest BCUT2D eigenvalue weighted by Gasteiger charge is 2.45. The Hall–Kier alpha value is -3.47. The van der Waals surface area contributed by atoms with Gasteiger partial charge in [-0.1, -0.05) is 24.3 Å². The van der Waals surface area contributed by atoms with Crippen LogP contribution in [0, 0.1) is 5.41 Å². The third-order valence-corrected chi connectivity index (χ3v) is 9.06. The fraction of sp³-hybridized carbons (Fsp3) is 0.452. The maximum atomic E-state index is 13.3. The number of nitrogens with zero attached hydrogens (tertiary/aromatic N) is 2. The van der Waals surface area contributed by atoms with Crippen molar-refractivity contribution in [2.45, 2.75) is 32.2 Å². The molecule has 1 amide bonds. The number of carboxylic acids is 1. The first-order chi connectivity index (χ1) is 19.8. The van der Waals surface area contributed by atoms with Crippen LogP contribution in [0.4, 0.5) is 0 Å². The molecular weight excluding hydrogens is 542 g/mol. The maximum Gasteiger partial charge on any atom is 0.304 e. The molecular formula is C31H38N3O6S+. The highest BCUT2D eigenvalue weighted by atomic mass is 32.1. The Morgan fingerprint density at radius 3 is 2.56 bits per heavy atom. The summed E-state index contributed by atoms with van der Waals surface area (Å²) in [6, 6.07) is 13.5. The molecule has 41 heavy (non-hydrogen) atoms. The number of rotatable bonds is 12. The number of methoxy groups -OCH3 is 1. The number of quaternary nitrogens is 1. The summed E-state index contributed by atoms with van der Waals surface area (Å²) in [4.78, 5) is 29.7. The van der Waals surface area contributed by atoms with Crippen LogP contribution in [0.15, 0.2) is 47.8 Å². The van der Waals surface area contributed by atoms with Crippen LogP contribution < -0.4 is 14.8 Å². The molecule has 0 atom stereocenters. The van der Waals surface area contributed by atoms with Crippen molar-refractivity contribution in [3.05, 3.63) is 64.0 Å². The number of thiazole rings is 1. The van der Waals surface area contributed by atoms with Crippen LogP contribution in [-0.2, 0) is 33.7 Å². The second kappa shape index (κ2) is 12.6. The second-order valence-corrected chi connectivity index (χ2v) is 12.2. The van der Waals surface area contributed by atoms with E-state index in [1.165, 1.54) is 11.3 Å². The van der Waals surface area contributed by atoms with E-state index in [1.807, 2.05) is 47.8 Å². The number of ether oxygens (including phenoxy) is 3. The standard InChI is InChI=1S/C31H37N3O6S/c1-34(11-14-39-15-12-34)10-5-13-40-24-8-9-25(27(16-24)38-2)26-21-41-28(33-26)20-32-30(37)31(19-29(35)36)17-22-6-3-4-7-23(22)18-31/h3-4,6-9,16,21H,5,10-15,17-20H2,1-2H3,(H-,32,35,36,37)/p+1. The minimum atomic E-state index is -0.990. The molecule has 1 fully saturated rings. The van der Waals surface area contributed by atoms with E-state index in [1.54, 1.807) is 7.11 Å². The Morgan fingerprint density at radius 2 is 1.88 bits per heavy atom. The number of likely N-dealkylation sites (N-methyl/N-ethyl adjacent to an activating group) is 1. The van der Waals surface area contributed by atoms with Gasteiger partial charge < -0.3 is 29.1 Å². The molecule has 2 aromatic carbocycles. The van der Waals surface area contributed by atoms with E-state index in [0.717, 1.165) is 76.9 Å². The predicted molar refractivity (Wildman–Crippen MR) is 156 cm³/mol. The maximum absolute atomic E-state index is 13.3. The third-order valence-electron chi connectivity index (χ3n) is 8.21. The van der Waals surface area contributed by atoms with Gasteiger partial charge in [-0.3, -0.25) is 9.59 Å². The van der Waals surface area contributed by atoms with Crippen molar-refractivity contribution in [3.63, 3.8) is 0 Å². The van der Waals surface area contributed by atoms with Crippen LogP contribution >= 0.6 is 11.3 Å². The Labute approximate surface area is 244 Å². The zero-order valence-electron chi connectivity index (χ0n) is 23.7. The number of hydrogen-bond donors (Lipinski definition) is 2. The molecule has 5 rings (SSSR count). The first-order valence-corrected chi connectivity index (χ1v) is 14.9. The van der Waals surface area contributed by atoms with Crippen molar-refractivity contribution in [2.75, 3.05) is 53.6 Å². The summed E-state index contributed by atoms with van der Waals surface area (Å²) < 4.78 is 18.2. The normalized spacial score (nSPS) is 17.0. The van der Waals surface area contributed by atoms with Gasteiger partial charge >= 0.3 is 5.97 Å². The van der Waals surface area contributed by atoms with Gasteiger partial charge in [0.2, 0.25) is 5.91 Å². The van der Waals surface area contributed by atoms with Gasteiger partial charge in [0, 0.05) is 23.4 Å². The topological polar surface area (TPSA) is 107 Å². The average molecular weight is 581 g/mol. The molecule has 1 aliphatic carbocycles. The molecule has 10 heteroatoms. The predicted octanol–water partition coefficient (Wildman–Crippen LogP) is 3.94. The first kappa shape index (κ1) is 29.0. The van der Waals surface area contributed by atoms with Crippen molar-refractivity contribution in [2.24, 2.45) is 5.41 Å². The Balaban J connectivity index is 1.18. The molecule has 2 N–H and O–H groups in total. The molecule has 218 valence electrons. The summed E-state index contributed by atoms with van der Waals surface area (Å²) in [5.74, 6) is 0.187. The summed E-state index contributed by atoms with van der Waals surface area (Å²) in [6.07, 6.45) is 1.59. The van der Waals surface area contributed by atoms with Gasteiger partial charge in [0.05, 0.1) is 64.6 Å². The Morgan fingerprint density at radius 1 is 1.15 bits per heavy atom. The molecule has 0 saturated carbocycles. The van der Waals surface area contributed by atoms with Crippen LogP contribution in [-0.4, -0.2) is 80.1 Å². The van der Waals surface area contributed by atoms with Gasteiger partial charge in [-0.15, -0.1) is 11.3 Å². The lowest BCUT2D eigenvalue weighted by Crippen LogP contribution is -2.52. The smallest absolute Gasteiger partial charge is 0.304 e. The van der Waals surface area contributed by atoms with Gasteiger partial charge in [0.15, 0.2) is 0 Å². The van der Waals surface area contributed by atoms with Gasteiger partial charge in [-0.2, -0.15) is 0 Å². The molecule has 1 saturated heterocycles. The van der Waals surface area contributed by atoms with Crippen LogP contribution in [0.2, 0.25) is 0 Å². The van der Waals surface area contributed by atoms with Crippen molar-refractivity contribution in [1.82, 2.24) is 10.3 Å². The highest BCUT2D eigenvalue weighted by molar-refractivity contribution is 7.09. The summed E-state index contributed by atoms with van der Waals surface area (Å²) >= 11 is 1.44. The number of nitrogens with one attached hydrogen (secondary N) is 1. The lowest BCUT2D eigenvalue weighted by molar-refractivity contribution is -0.917. The second-order valence-electron chi connectivity index (χ2n) is 11.2. The fourth-order valence-electron chi connectivity index (χ4n) is 5.83. The zero-order chi connectivity index (χ0) is 28.9. The molecule has 1 aliphatic heterocycles. The number of carboxylic acid groups (broad SMARTS) is 1. The molecule has 0 bridgehead atoms. The van der Waals surface area contributed by atoms with Gasteiger partial charge in [0.1, 0.15) is 29.6 Å². The number of carbonyl (C=O) groups excluding carboxylic acids is 1. The van der Waals surface area contributed by atoms with E-state index in [0.29, 0.717) is 25.2 Å². The van der Waals surface area contributed by atoms with Crippen LogP contribution in [0.3, 0.4) is 0 Å². The number of hydrogen-bond acceptors (Lipinski definition) is 7. The number of aromatic nitrogens is 1. The summed E-state index contributed by atoms with van der Waals surface area (Å²) in [5, 5.41) is 15.2. The molecule has 0 radical (unpaired) electrons. The third kappa shape index (κ3) is 6.89. The van der Waals surface area contributed by atoms with Crippen molar-refractivity contribution >= 4 is 23.2 Å². The molecule has 0 unspecified atom stereocenters. The quantitative estimate of drug-likeness (QED) is 0.247. The number of carbonyl (C=O) groups is 2. The van der Waals surface area contributed by atoms with Crippen LogP contribution in [0.1, 0.15) is 29.0 Å². The molecule has 2 aliphatic rings.